The lowest BCUT2D eigenvalue weighted by Gasteiger charge is -2.33. The fraction of sp³-hybridized carbons (Fsp3) is 0.520. The van der Waals surface area contributed by atoms with Crippen molar-refractivity contribution in [3.8, 4) is 0 Å². The van der Waals surface area contributed by atoms with Crippen LogP contribution < -0.4 is 5.32 Å². The predicted molar refractivity (Wildman–Crippen MR) is 119 cm³/mol. The average Bonchev–Trinajstić information content (AvgIpc) is 3.31. The lowest BCUT2D eigenvalue weighted by molar-refractivity contribution is -0.138. The molecule has 4 rings (SSSR count). The summed E-state index contributed by atoms with van der Waals surface area (Å²) in [5, 5.41) is 2.98. The number of nitrogens with one attached hydrogen (secondary N) is 1. The van der Waals surface area contributed by atoms with Crippen LogP contribution in [0.25, 0.3) is 0 Å². The first-order valence-corrected chi connectivity index (χ1v) is 11.6. The number of piperidine rings is 1. The first-order chi connectivity index (χ1) is 15.8. The van der Waals surface area contributed by atoms with Crippen molar-refractivity contribution in [1.29, 1.82) is 0 Å². The third-order valence-corrected chi connectivity index (χ3v) is 6.51. The number of ether oxygens (including phenoxy) is 1. The van der Waals surface area contributed by atoms with Crippen LogP contribution in [0.5, 0.6) is 0 Å². The molecule has 1 atom stereocenters. The molecule has 5 nitrogen and oxygen atoms in total. The number of aryl methyl sites for hydroxylation is 1. The molecule has 1 aromatic carbocycles. The Bertz CT molecular complexity index is 966. The van der Waals surface area contributed by atoms with Gasteiger partial charge in [-0.15, -0.1) is 0 Å². The SMILES string of the molecule is Cc1ccc(C(=O)NC[C@H]2CCCO2)c(C2CCN(Cc3ccccc3C(F)(F)F)CC2)n1. The number of likely N-dealkylation sites (tertiary alicyclic amines) is 1. The molecule has 0 bridgehead atoms. The number of hydrogen-bond acceptors (Lipinski definition) is 4. The molecule has 2 saturated heterocycles. The number of pyridine rings is 1. The Morgan fingerprint density at radius 2 is 1.91 bits per heavy atom. The molecule has 33 heavy (non-hydrogen) atoms. The highest BCUT2D eigenvalue weighted by molar-refractivity contribution is 5.95. The maximum absolute atomic E-state index is 13.3. The zero-order valence-electron chi connectivity index (χ0n) is 18.8. The van der Waals surface area contributed by atoms with E-state index in [1.54, 1.807) is 12.1 Å². The van der Waals surface area contributed by atoms with Gasteiger partial charge in [0.25, 0.3) is 5.91 Å². The number of benzene rings is 1. The lowest BCUT2D eigenvalue weighted by atomic mass is 9.89. The maximum Gasteiger partial charge on any atom is 0.416 e. The van der Waals surface area contributed by atoms with Crippen molar-refractivity contribution >= 4 is 5.91 Å². The van der Waals surface area contributed by atoms with Gasteiger partial charge in [-0.1, -0.05) is 18.2 Å². The Hall–Kier alpha value is -2.45. The monoisotopic (exact) mass is 461 g/mol. The minimum atomic E-state index is -4.35. The summed E-state index contributed by atoms with van der Waals surface area (Å²) < 4.78 is 45.6. The van der Waals surface area contributed by atoms with E-state index in [1.807, 2.05) is 24.0 Å². The molecule has 1 amide bonds. The Morgan fingerprint density at radius 1 is 1.15 bits per heavy atom. The number of carbonyl (C=O) groups excluding carboxylic acids is 1. The molecule has 2 aromatic rings. The molecule has 0 saturated carbocycles. The molecule has 2 fully saturated rings. The van der Waals surface area contributed by atoms with Crippen LogP contribution in [0.4, 0.5) is 13.2 Å². The van der Waals surface area contributed by atoms with Gasteiger partial charge in [-0.25, -0.2) is 0 Å². The number of amides is 1. The Kier molecular flexibility index (Phi) is 7.34. The molecular weight excluding hydrogens is 431 g/mol. The molecule has 2 aliphatic heterocycles. The highest BCUT2D eigenvalue weighted by Crippen LogP contribution is 2.34. The zero-order valence-corrected chi connectivity index (χ0v) is 18.8. The van der Waals surface area contributed by atoms with Gasteiger partial charge < -0.3 is 10.1 Å². The molecule has 1 N–H and O–H groups in total. The van der Waals surface area contributed by atoms with Crippen LogP contribution in [-0.2, 0) is 17.5 Å². The molecule has 0 aliphatic carbocycles. The highest BCUT2D eigenvalue weighted by atomic mass is 19.4. The van der Waals surface area contributed by atoms with Gasteiger partial charge in [-0.05, 0) is 69.5 Å². The van der Waals surface area contributed by atoms with Gasteiger partial charge in [-0.2, -0.15) is 13.2 Å². The highest BCUT2D eigenvalue weighted by Gasteiger charge is 2.34. The van der Waals surface area contributed by atoms with Crippen molar-refractivity contribution in [1.82, 2.24) is 15.2 Å². The average molecular weight is 462 g/mol. The number of aromatic nitrogens is 1. The fourth-order valence-electron chi connectivity index (χ4n) is 4.73. The van der Waals surface area contributed by atoms with Crippen molar-refractivity contribution in [3.05, 3.63) is 64.5 Å². The van der Waals surface area contributed by atoms with Crippen LogP contribution in [0.15, 0.2) is 36.4 Å². The summed E-state index contributed by atoms with van der Waals surface area (Å²) in [4.78, 5) is 19.6. The third kappa shape index (κ3) is 5.92. The number of halogens is 3. The number of rotatable bonds is 6. The van der Waals surface area contributed by atoms with Crippen molar-refractivity contribution < 1.29 is 22.7 Å². The van der Waals surface area contributed by atoms with E-state index in [2.05, 4.69) is 5.32 Å². The topological polar surface area (TPSA) is 54.5 Å². The minimum absolute atomic E-state index is 0.0682. The maximum atomic E-state index is 13.3. The molecule has 0 spiro atoms. The summed E-state index contributed by atoms with van der Waals surface area (Å²) in [7, 11) is 0. The molecule has 0 radical (unpaired) electrons. The van der Waals surface area contributed by atoms with Gasteiger partial charge in [0.15, 0.2) is 0 Å². The quantitative estimate of drug-likeness (QED) is 0.678. The number of carbonyl (C=O) groups is 1. The van der Waals surface area contributed by atoms with Crippen LogP contribution in [0, 0.1) is 6.92 Å². The van der Waals surface area contributed by atoms with Gasteiger partial charge in [0, 0.05) is 31.3 Å². The largest absolute Gasteiger partial charge is 0.416 e. The van der Waals surface area contributed by atoms with E-state index in [-0.39, 0.29) is 24.5 Å². The van der Waals surface area contributed by atoms with Gasteiger partial charge >= 0.3 is 6.18 Å². The van der Waals surface area contributed by atoms with E-state index in [0.717, 1.165) is 49.7 Å². The predicted octanol–water partition coefficient (Wildman–Crippen LogP) is 4.70. The molecular formula is C25H30F3N3O2. The summed E-state index contributed by atoms with van der Waals surface area (Å²) in [6, 6.07) is 9.43. The smallest absolute Gasteiger partial charge is 0.376 e. The number of alkyl halides is 3. The van der Waals surface area contributed by atoms with E-state index < -0.39 is 11.7 Å². The first kappa shape index (κ1) is 23.7. The number of nitrogens with zero attached hydrogens (tertiary/aromatic N) is 2. The fourth-order valence-corrected chi connectivity index (χ4v) is 4.73. The second-order valence-electron chi connectivity index (χ2n) is 8.94. The van der Waals surface area contributed by atoms with E-state index in [0.29, 0.717) is 30.8 Å². The molecule has 1 aromatic heterocycles. The van der Waals surface area contributed by atoms with Gasteiger partial charge in [-0.3, -0.25) is 14.7 Å². The van der Waals surface area contributed by atoms with Crippen LogP contribution >= 0.6 is 0 Å². The summed E-state index contributed by atoms with van der Waals surface area (Å²) >= 11 is 0. The minimum Gasteiger partial charge on any atom is -0.376 e. The van der Waals surface area contributed by atoms with Crippen molar-refractivity contribution in [2.45, 2.75) is 57.3 Å². The molecule has 8 heteroatoms. The normalized spacial score (nSPS) is 20.2. The van der Waals surface area contributed by atoms with Crippen LogP contribution in [0.3, 0.4) is 0 Å². The van der Waals surface area contributed by atoms with Crippen molar-refractivity contribution in [2.75, 3.05) is 26.2 Å². The summed E-state index contributed by atoms with van der Waals surface area (Å²) in [6.07, 6.45) is -0.822. The van der Waals surface area contributed by atoms with Crippen molar-refractivity contribution in [2.24, 2.45) is 0 Å². The van der Waals surface area contributed by atoms with Gasteiger partial charge in [0.05, 0.1) is 22.9 Å². The van der Waals surface area contributed by atoms with E-state index >= 15 is 0 Å². The summed E-state index contributed by atoms with van der Waals surface area (Å²) in [5.74, 6) is -0.0444. The van der Waals surface area contributed by atoms with Crippen molar-refractivity contribution in [3.63, 3.8) is 0 Å². The third-order valence-electron chi connectivity index (χ3n) is 6.51. The molecule has 178 valence electrons. The standard InChI is InChI=1S/C25H30F3N3O2/c1-17-8-9-21(24(32)29-15-20-6-4-14-33-20)23(30-17)18-10-12-31(13-11-18)16-19-5-2-3-7-22(19)25(26,27)28/h2-3,5,7-9,18,20H,4,6,10-16H2,1H3,(H,29,32)/t20-/m1/s1. The van der Waals surface area contributed by atoms with E-state index in [1.165, 1.54) is 6.07 Å². The van der Waals surface area contributed by atoms with Gasteiger partial charge in [0.1, 0.15) is 0 Å². The Labute approximate surface area is 192 Å². The van der Waals surface area contributed by atoms with Crippen LogP contribution in [-0.4, -0.2) is 48.1 Å². The van der Waals surface area contributed by atoms with E-state index in [4.69, 9.17) is 9.72 Å². The van der Waals surface area contributed by atoms with Gasteiger partial charge in [0.2, 0.25) is 0 Å². The molecule has 3 heterocycles. The molecule has 0 unspecified atom stereocenters. The summed E-state index contributed by atoms with van der Waals surface area (Å²) in [5.41, 5.74) is 1.95. The van der Waals surface area contributed by atoms with E-state index in [9.17, 15) is 18.0 Å². The second-order valence-corrected chi connectivity index (χ2v) is 8.94. The molecule has 2 aliphatic rings. The Morgan fingerprint density at radius 3 is 2.61 bits per heavy atom. The first-order valence-electron chi connectivity index (χ1n) is 11.6. The van der Waals surface area contributed by atoms with Crippen LogP contribution in [0.2, 0.25) is 0 Å². The second kappa shape index (κ2) is 10.2. The zero-order chi connectivity index (χ0) is 23.4. The summed E-state index contributed by atoms with van der Waals surface area (Å²) in [6.45, 7) is 4.71. The lowest BCUT2D eigenvalue weighted by Crippen LogP contribution is -2.35. The van der Waals surface area contributed by atoms with Crippen LogP contribution in [0.1, 0.15) is 64.5 Å². The number of hydrogen-bond donors (Lipinski definition) is 1. The Balaban J connectivity index is 1.40.